The molecule has 1 fully saturated rings. The van der Waals surface area contributed by atoms with Crippen LogP contribution in [0.1, 0.15) is 70.4 Å². The predicted octanol–water partition coefficient (Wildman–Crippen LogP) is 8.04. The van der Waals surface area contributed by atoms with E-state index in [0.29, 0.717) is 35.1 Å². The van der Waals surface area contributed by atoms with Crippen molar-refractivity contribution in [3.8, 4) is 16.9 Å². The maximum atomic E-state index is 13.2. The lowest BCUT2D eigenvalue weighted by atomic mass is 9.82. The predicted molar refractivity (Wildman–Crippen MR) is 161 cm³/mol. The molecule has 1 atom stereocenters. The molecule has 3 aromatic rings. The maximum Gasteiger partial charge on any atom is 0.337 e. The molecule has 0 radical (unpaired) electrons. The van der Waals surface area contributed by atoms with Gasteiger partial charge in [-0.25, -0.2) is 9.18 Å². The first-order valence-electron chi connectivity index (χ1n) is 14.1. The summed E-state index contributed by atoms with van der Waals surface area (Å²) in [7, 11) is 0. The quantitative estimate of drug-likeness (QED) is 0.275. The van der Waals surface area contributed by atoms with Gasteiger partial charge in [0, 0.05) is 42.5 Å². The summed E-state index contributed by atoms with van der Waals surface area (Å²) >= 11 is 6.70. The highest BCUT2D eigenvalue weighted by molar-refractivity contribution is 6.32. The second kappa shape index (κ2) is 12.4. The lowest BCUT2D eigenvalue weighted by Crippen LogP contribution is -2.39. The van der Waals surface area contributed by atoms with Crippen molar-refractivity contribution >= 4 is 23.3 Å². The number of halogens is 2. The summed E-state index contributed by atoms with van der Waals surface area (Å²) in [5.41, 5.74) is 4.13. The number of hydrogen-bond donors (Lipinski definition) is 1. The average molecular weight is 583 g/mol. The zero-order valence-electron chi connectivity index (χ0n) is 24.8. The molecule has 0 amide bonds. The van der Waals surface area contributed by atoms with Gasteiger partial charge in [0.15, 0.2) is 6.10 Å². The molecule has 1 N–H and O–H groups in total. The zero-order valence-corrected chi connectivity index (χ0v) is 25.5. The molecule has 0 aliphatic carbocycles. The van der Waals surface area contributed by atoms with Gasteiger partial charge >= 0.3 is 5.97 Å². The molecule has 1 aliphatic rings. The van der Waals surface area contributed by atoms with Crippen LogP contribution >= 0.6 is 11.6 Å². The molecule has 41 heavy (non-hydrogen) atoms. The van der Waals surface area contributed by atoms with Gasteiger partial charge in [0.2, 0.25) is 0 Å². The van der Waals surface area contributed by atoms with Crippen LogP contribution in [0.15, 0.2) is 48.7 Å². The Morgan fingerprint density at radius 1 is 1.15 bits per heavy atom. The first-order valence-corrected chi connectivity index (χ1v) is 14.4. The fourth-order valence-electron chi connectivity index (χ4n) is 5.11. The van der Waals surface area contributed by atoms with E-state index < -0.39 is 17.7 Å². The summed E-state index contributed by atoms with van der Waals surface area (Å²) in [5.74, 6) is -0.781. The number of aromatic nitrogens is 1. The van der Waals surface area contributed by atoms with Gasteiger partial charge < -0.3 is 19.5 Å². The van der Waals surface area contributed by atoms with Crippen LogP contribution in [0, 0.1) is 18.2 Å². The van der Waals surface area contributed by atoms with Crippen LogP contribution in [-0.4, -0.2) is 41.4 Å². The monoisotopic (exact) mass is 582 g/mol. The van der Waals surface area contributed by atoms with E-state index >= 15 is 0 Å². The number of hydrogen-bond acceptors (Lipinski definition) is 5. The standard InChI is InChI=1S/C33H40ClFN2O4/c1-21-28(30(31(38)39)41-32(2,3)4)29(37-16-14-33(5,6)15-17-37)25(20-36-21)23-9-12-27(26(34)19-23)40-18-13-22-7-10-24(35)11-8-22/h7-12,19-20,30H,13-18H2,1-6H3,(H,38,39)/t30-/m0/s1. The van der Waals surface area contributed by atoms with Crippen molar-refractivity contribution in [1.29, 1.82) is 0 Å². The van der Waals surface area contributed by atoms with E-state index in [1.807, 2.05) is 45.9 Å². The fourth-order valence-corrected chi connectivity index (χ4v) is 5.35. The van der Waals surface area contributed by atoms with Crippen LogP contribution in [0.5, 0.6) is 5.75 Å². The third-order valence-corrected chi connectivity index (χ3v) is 7.78. The molecule has 220 valence electrons. The molecule has 0 unspecified atom stereocenters. The van der Waals surface area contributed by atoms with E-state index in [9.17, 15) is 14.3 Å². The van der Waals surface area contributed by atoms with Gasteiger partial charge in [-0.2, -0.15) is 0 Å². The van der Waals surface area contributed by atoms with Gasteiger partial charge in [-0.3, -0.25) is 4.98 Å². The molecule has 2 aromatic carbocycles. The molecule has 4 rings (SSSR count). The number of aryl methyl sites for hydroxylation is 1. The number of nitrogens with zero attached hydrogens (tertiary/aromatic N) is 2. The normalized spacial score (nSPS) is 16.0. The summed E-state index contributed by atoms with van der Waals surface area (Å²) in [6.45, 7) is 13.9. The maximum absolute atomic E-state index is 13.2. The Morgan fingerprint density at radius 2 is 1.80 bits per heavy atom. The summed E-state index contributed by atoms with van der Waals surface area (Å²) in [6, 6.07) is 11.9. The fraction of sp³-hybridized carbons (Fsp3) is 0.455. The van der Waals surface area contributed by atoms with Gasteiger partial charge in [-0.1, -0.05) is 43.6 Å². The van der Waals surface area contributed by atoms with Gasteiger partial charge in [0.1, 0.15) is 11.6 Å². The van der Waals surface area contributed by atoms with Crippen LogP contribution in [0.2, 0.25) is 5.02 Å². The molecule has 0 saturated carbocycles. The molecule has 6 nitrogen and oxygen atoms in total. The average Bonchev–Trinajstić information content (AvgIpc) is 2.89. The van der Waals surface area contributed by atoms with Crippen molar-refractivity contribution < 1.29 is 23.8 Å². The Labute approximate surface area is 247 Å². The number of ether oxygens (including phenoxy) is 2. The van der Waals surface area contributed by atoms with Gasteiger partial charge in [-0.05, 0) is 81.3 Å². The molecule has 1 aromatic heterocycles. The number of anilines is 1. The van der Waals surface area contributed by atoms with Crippen molar-refractivity contribution in [3.05, 3.63) is 76.3 Å². The molecular formula is C33H40ClFN2O4. The van der Waals surface area contributed by atoms with Crippen LogP contribution < -0.4 is 9.64 Å². The number of carboxylic acid groups (broad SMARTS) is 1. The topological polar surface area (TPSA) is 71.9 Å². The van der Waals surface area contributed by atoms with Crippen LogP contribution in [0.4, 0.5) is 10.1 Å². The second-order valence-corrected chi connectivity index (χ2v) is 12.9. The lowest BCUT2D eigenvalue weighted by molar-refractivity contribution is -0.160. The van der Waals surface area contributed by atoms with Gasteiger partial charge in [0.25, 0.3) is 0 Å². The first kappa shape index (κ1) is 30.8. The molecule has 8 heteroatoms. The largest absolute Gasteiger partial charge is 0.492 e. The molecule has 0 bridgehead atoms. The van der Waals surface area contributed by atoms with Crippen molar-refractivity contribution in [1.82, 2.24) is 4.98 Å². The molecule has 0 spiro atoms. The first-order chi connectivity index (χ1) is 19.2. The van der Waals surface area contributed by atoms with E-state index in [4.69, 9.17) is 21.1 Å². The number of carboxylic acids is 1. The number of pyridine rings is 1. The second-order valence-electron chi connectivity index (χ2n) is 12.5. The van der Waals surface area contributed by atoms with E-state index in [1.54, 1.807) is 18.3 Å². The van der Waals surface area contributed by atoms with Crippen molar-refractivity contribution in [2.24, 2.45) is 5.41 Å². The highest BCUT2D eigenvalue weighted by Crippen LogP contribution is 2.44. The molecule has 1 aliphatic heterocycles. The highest BCUT2D eigenvalue weighted by Gasteiger charge is 2.35. The minimum absolute atomic E-state index is 0.212. The summed E-state index contributed by atoms with van der Waals surface area (Å²) < 4.78 is 25.3. The third-order valence-electron chi connectivity index (χ3n) is 7.48. The van der Waals surface area contributed by atoms with Crippen LogP contribution in [0.3, 0.4) is 0 Å². The smallest absolute Gasteiger partial charge is 0.337 e. The number of piperidine rings is 1. The number of carbonyl (C=O) groups is 1. The van der Waals surface area contributed by atoms with Crippen LogP contribution in [-0.2, 0) is 16.0 Å². The van der Waals surface area contributed by atoms with Crippen molar-refractivity contribution in [3.63, 3.8) is 0 Å². The van der Waals surface area contributed by atoms with Gasteiger partial charge in [0.05, 0.1) is 22.9 Å². The highest BCUT2D eigenvalue weighted by atomic mass is 35.5. The summed E-state index contributed by atoms with van der Waals surface area (Å²) in [4.78, 5) is 19.5. The Hall–Kier alpha value is -3.16. The molecule has 1 saturated heterocycles. The minimum Gasteiger partial charge on any atom is -0.492 e. The summed E-state index contributed by atoms with van der Waals surface area (Å²) in [6.07, 6.45) is 3.19. The minimum atomic E-state index is -1.18. The Balaban J connectivity index is 1.71. The van der Waals surface area contributed by atoms with E-state index in [1.165, 1.54) is 12.1 Å². The molecule has 2 heterocycles. The third kappa shape index (κ3) is 7.77. The lowest BCUT2D eigenvalue weighted by Gasteiger charge is -2.41. The Kier molecular flexibility index (Phi) is 9.29. The zero-order chi connectivity index (χ0) is 29.9. The number of benzene rings is 2. The Bertz CT molecular complexity index is 1380. The molecular weight excluding hydrogens is 543 g/mol. The Morgan fingerprint density at radius 3 is 2.39 bits per heavy atom. The van der Waals surface area contributed by atoms with Crippen molar-refractivity contribution in [2.75, 3.05) is 24.6 Å². The van der Waals surface area contributed by atoms with Crippen LogP contribution in [0.25, 0.3) is 11.1 Å². The van der Waals surface area contributed by atoms with E-state index in [0.717, 1.165) is 48.3 Å². The van der Waals surface area contributed by atoms with Gasteiger partial charge in [-0.15, -0.1) is 0 Å². The number of aliphatic carboxylic acids is 1. The number of rotatable bonds is 9. The summed E-state index contributed by atoms with van der Waals surface area (Å²) in [5, 5.41) is 10.8. The van der Waals surface area contributed by atoms with Crippen molar-refractivity contribution in [2.45, 2.75) is 72.5 Å². The van der Waals surface area contributed by atoms with E-state index in [2.05, 4.69) is 23.7 Å². The SMILES string of the molecule is Cc1ncc(-c2ccc(OCCc3ccc(F)cc3)c(Cl)c2)c(N2CCC(C)(C)CC2)c1[C@H](OC(C)(C)C)C(=O)O. The van der Waals surface area contributed by atoms with E-state index in [-0.39, 0.29) is 11.2 Å².